The average Bonchev–Trinajstić information content (AvgIpc) is 2.86. The van der Waals surface area contributed by atoms with Gasteiger partial charge in [-0.2, -0.15) is 11.8 Å². The number of anilines is 1. The van der Waals surface area contributed by atoms with Crippen molar-refractivity contribution < 1.29 is 13.2 Å². The number of hydrogen-bond acceptors (Lipinski definition) is 5. The normalized spacial score (nSPS) is 14.6. The highest BCUT2D eigenvalue weighted by Gasteiger charge is 2.17. The molecule has 0 radical (unpaired) electrons. The van der Waals surface area contributed by atoms with Crippen molar-refractivity contribution in [2.24, 2.45) is 0 Å². The van der Waals surface area contributed by atoms with Gasteiger partial charge < -0.3 is 5.32 Å². The number of benzene rings is 3. The standard InChI is InChI=1S/C26H29N3O3S2/c1-20-16-22(19-29-12-14-33-15-13-29)10-11-25(20)28-26(30)23-8-5-9-24(17-23)34(31,32)27-18-21-6-3-2-4-7-21/h2-11,16-17,27H,12-15,18-19H2,1H3,(H,28,30). The molecular formula is C26H29N3O3S2. The molecule has 3 aromatic carbocycles. The van der Waals surface area contributed by atoms with E-state index in [-0.39, 0.29) is 22.9 Å². The lowest BCUT2D eigenvalue weighted by Crippen LogP contribution is -2.31. The quantitative estimate of drug-likeness (QED) is 0.488. The third kappa shape index (κ3) is 6.48. The van der Waals surface area contributed by atoms with Crippen molar-refractivity contribution in [1.29, 1.82) is 0 Å². The predicted octanol–water partition coefficient (Wildman–Crippen LogP) is 4.27. The molecule has 8 heteroatoms. The highest BCUT2D eigenvalue weighted by Crippen LogP contribution is 2.21. The van der Waals surface area contributed by atoms with Crippen LogP contribution >= 0.6 is 11.8 Å². The Balaban J connectivity index is 1.41. The predicted molar refractivity (Wildman–Crippen MR) is 139 cm³/mol. The van der Waals surface area contributed by atoms with E-state index in [1.165, 1.54) is 29.2 Å². The van der Waals surface area contributed by atoms with E-state index in [9.17, 15) is 13.2 Å². The van der Waals surface area contributed by atoms with Gasteiger partial charge >= 0.3 is 0 Å². The van der Waals surface area contributed by atoms with Gasteiger partial charge in [-0.25, -0.2) is 13.1 Å². The number of aryl methyl sites for hydroxylation is 1. The van der Waals surface area contributed by atoms with Gasteiger partial charge in [-0.15, -0.1) is 0 Å². The third-order valence-corrected chi connectivity index (χ3v) is 8.11. The molecule has 0 spiro atoms. The molecule has 1 aliphatic heterocycles. The largest absolute Gasteiger partial charge is 0.322 e. The number of carbonyl (C=O) groups is 1. The number of thioether (sulfide) groups is 1. The summed E-state index contributed by atoms with van der Waals surface area (Å²) in [7, 11) is -3.75. The van der Waals surface area contributed by atoms with Crippen molar-refractivity contribution in [3.63, 3.8) is 0 Å². The van der Waals surface area contributed by atoms with E-state index in [4.69, 9.17) is 0 Å². The topological polar surface area (TPSA) is 78.5 Å². The molecule has 0 aromatic heterocycles. The van der Waals surface area contributed by atoms with Crippen LogP contribution in [0, 0.1) is 6.92 Å². The molecule has 0 aliphatic carbocycles. The van der Waals surface area contributed by atoms with E-state index in [2.05, 4.69) is 21.0 Å². The zero-order valence-corrected chi connectivity index (χ0v) is 20.8. The fraction of sp³-hybridized carbons (Fsp3) is 0.269. The van der Waals surface area contributed by atoms with E-state index in [1.54, 1.807) is 12.1 Å². The van der Waals surface area contributed by atoms with Gasteiger partial charge in [-0.05, 0) is 47.9 Å². The van der Waals surface area contributed by atoms with Crippen LogP contribution in [0.3, 0.4) is 0 Å². The Hall–Kier alpha value is -2.65. The molecule has 1 aliphatic rings. The van der Waals surface area contributed by atoms with Crippen LogP contribution in [0.2, 0.25) is 0 Å². The van der Waals surface area contributed by atoms with E-state index in [1.807, 2.05) is 61.2 Å². The number of sulfonamides is 1. The summed E-state index contributed by atoms with van der Waals surface area (Å²) in [6, 6.07) is 21.5. The second-order valence-corrected chi connectivity index (χ2v) is 11.3. The second kappa shape index (κ2) is 11.2. The van der Waals surface area contributed by atoms with Crippen LogP contribution in [0.25, 0.3) is 0 Å². The SMILES string of the molecule is Cc1cc(CN2CCSCC2)ccc1NC(=O)c1cccc(S(=O)(=O)NCc2ccccc2)c1. The van der Waals surface area contributed by atoms with E-state index < -0.39 is 10.0 Å². The maximum atomic E-state index is 12.9. The molecule has 6 nitrogen and oxygen atoms in total. The van der Waals surface area contributed by atoms with Gasteiger partial charge in [0.2, 0.25) is 10.0 Å². The first-order valence-corrected chi connectivity index (χ1v) is 13.9. The summed E-state index contributed by atoms with van der Waals surface area (Å²) in [6.45, 7) is 5.26. The van der Waals surface area contributed by atoms with Crippen molar-refractivity contribution in [3.8, 4) is 0 Å². The average molecular weight is 496 g/mol. The molecule has 2 N–H and O–H groups in total. The molecule has 178 valence electrons. The zero-order valence-electron chi connectivity index (χ0n) is 19.2. The maximum absolute atomic E-state index is 12.9. The molecule has 1 fully saturated rings. The lowest BCUT2D eigenvalue weighted by Gasteiger charge is -2.26. The summed E-state index contributed by atoms with van der Waals surface area (Å²) < 4.78 is 28.1. The van der Waals surface area contributed by atoms with Crippen LogP contribution in [0.4, 0.5) is 5.69 Å². The minimum absolute atomic E-state index is 0.0582. The molecule has 1 saturated heterocycles. The van der Waals surface area contributed by atoms with Crippen LogP contribution in [-0.2, 0) is 23.1 Å². The molecule has 4 rings (SSSR count). The fourth-order valence-corrected chi connectivity index (χ4v) is 5.88. The lowest BCUT2D eigenvalue weighted by atomic mass is 10.1. The second-order valence-electron chi connectivity index (χ2n) is 8.33. The van der Waals surface area contributed by atoms with Gasteiger partial charge in [0.15, 0.2) is 0 Å². The molecule has 0 saturated carbocycles. The molecule has 1 heterocycles. The number of rotatable bonds is 8. The van der Waals surface area contributed by atoms with Gasteiger partial charge in [0, 0.05) is 48.9 Å². The van der Waals surface area contributed by atoms with Crippen LogP contribution in [0.1, 0.15) is 27.0 Å². The van der Waals surface area contributed by atoms with Crippen LogP contribution in [-0.4, -0.2) is 43.8 Å². The van der Waals surface area contributed by atoms with Crippen molar-refractivity contribution in [1.82, 2.24) is 9.62 Å². The number of hydrogen-bond donors (Lipinski definition) is 2. The van der Waals surface area contributed by atoms with Gasteiger partial charge in [0.05, 0.1) is 4.90 Å². The van der Waals surface area contributed by atoms with E-state index in [0.29, 0.717) is 0 Å². The van der Waals surface area contributed by atoms with Crippen LogP contribution in [0.15, 0.2) is 77.7 Å². The first kappa shape index (κ1) is 24.5. The van der Waals surface area contributed by atoms with Crippen molar-refractivity contribution in [2.45, 2.75) is 24.9 Å². The Morgan fingerprint density at radius 2 is 1.71 bits per heavy atom. The lowest BCUT2D eigenvalue weighted by molar-refractivity contribution is 0.102. The molecule has 3 aromatic rings. The number of nitrogens with one attached hydrogen (secondary N) is 2. The highest BCUT2D eigenvalue weighted by molar-refractivity contribution is 7.99. The smallest absolute Gasteiger partial charge is 0.255 e. The summed E-state index contributed by atoms with van der Waals surface area (Å²) in [6.07, 6.45) is 0. The summed E-state index contributed by atoms with van der Waals surface area (Å²) in [5, 5.41) is 2.92. The van der Waals surface area contributed by atoms with Gasteiger partial charge in [0.1, 0.15) is 0 Å². The van der Waals surface area contributed by atoms with Crippen LogP contribution in [0.5, 0.6) is 0 Å². The third-order valence-electron chi connectivity index (χ3n) is 5.76. The minimum Gasteiger partial charge on any atom is -0.322 e. The first-order valence-electron chi connectivity index (χ1n) is 11.3. The van der Waals surface area contributed by atoms with Crippen molar-refractivity contribution in [2.75, 3.05) is 29.9 Å². The van der Waals surface area contributed by atoms with Gasteiger partial charge in [-0.3, -0.25) is 9.69 Å². The monoisotopic (exact) mass is 495 g/mol. The van der Waals surface area contributed by atoms with Crippen molar-refractivity contribution >= 4 is 33.4 Å². The Kier molecular flexibility index (Phi) is 8.05. The maximum Gasteiger partial charge on any atom is 0.255 e. The first-order chi connectivity index (χ1) is 16.4. The molecule has 0 atom stereocenters. The minimum atomic E-state index is -3.75. The zero-order chi connectivity index (χ0) is 24.0. The van der Waals surface area contributed by atoms with E-state index >= 15 is 0 Å². The van der Waals surface area contributed by atoms with E-state index in [0.717, 1.165) is 36.4 Å². The Labute approximate surface area is 205 Å². The summed E-state index contributed by atoms with van der Waals surface area (Å²) in [5.41, 5.74) is 4.07. The summed E-state index contributed by atoms with van der Waals surface area (Å²) in [5.74, 6) is 2.00. The fourth-order valence-electron chi connectivity index (χ4n) is 3.84. The molecular weight excluding hydrogens is 466 g/mol. The number of amides is 1. The van der Waals surface area contributed by atoms with Crippen molar-refractivity contribution in [3.05, 3.63) is 95.1 Å². The van der Waals surface area contributed by atoms with Crippen LogP contribution < -0.4 is 10.0 Å². The van der Waals surface area contributed by atoms with Gasteiger partial charge in [0.25, 0.3) is 5.91 Å². The Bertz CT molecular complexity index is 1240. The number of carbonyl (C=O) groups excluding carboxylic acids is 1. The molecule has 34 heavy (non-hydrogen) atoms. The highest BCUT2D eigenvalue weighted by atomic mass is 32.2. The van der Waals surface area contributed by atoms with Gasteiger partial charge in [-0.1, -0.05) is 48.5 Å². The Morgan fingerprint density at radius 1 is 0.941 bits per heavy atom. The molecule has 1 amide bonds. The summed E-state index contributed by atoms with van der Waals surface area (Å²) in [4.78, 5) is 15.4. The summed E-state index contributed by atoms with van der Waals surface area (Å²) >= 11 is 1.99. The molecule has 0 unspecified atom stereocenters. The number of nitrogens with zero attached hydrogens (tertiary/aromatic N) is 1. The molecule has 0 bridgehead atoms. The Morgan fingerprint density at radius 3 is 2.44 bits per heavy atom.